The minimum atomic E-state index is -0.778. The summed E-state index contributed by atoms with van der Waals surface area (Å²) in [6, 6.07) is 23.2. The van der Waals surface area contributed by atoms with Crippen LogP contribution in [0.1, 0.15) is 41.4 Å². The van der Waals surface area contributed by atoms with Crippen molar-refractivity contribution >= 4 is 35.3 Å². The number of carbonyl (C=O) groups is 2. The van der Waals surface area contributed by atoms with Crippen LogP contribution in [0, 0.1) is 0 Å². The second-order valence-corrected chi connectivity index (χ2v) is 8.53. The topological polar surface area (TPSA) is 64.5 Å². The molecule has 3 aromatic carbocycles. The van der Waals surface area contributed by atoms with Gasteiger partial charge < -0.3 is 10.2 Å². The van der Waals surface area contributed by atoms with Crippen LogP contribution in [0.25, 0.3) is 0 Å². The monoisotopic (exact) mass is 475 g/mol. The maximum atomic E-state index is 13.0. The number of nitrogens with zero attached hydrogens (tertiary/aromatic N) is 2. The summed E-state index contributed by atoms with van der Waals surface area (Å²) in [5.41, 5.74) is 6.35. The van der Waals surface area contributed by atoms with E-state index < -0.39 is 12.1 Å². The van der Waals surface area contributed by atoms with Crippen LogP contribution in [-0.2, 0) is 4.79 Å². The molecule has 2 atom stereocenters. The third-order valence-electron chi connectivity index (χ3n) is 5.98. The maximum Gasteiger partial charge on any atom is 0.304 e. The second-order valence-electron chi connectivity index (χ2n) is 8.09. The van der Waals surface area contributed by atoms with Crippen molar-refractivity contribution in [3.8, 4) is 0 Å². The number of nitrogens with one attached hydrogen (secondary N) is 2. The van der Waals surface area contributed by atoms with Gasteiger partial charge in [-0.15, -0.1) is 10.1 Å². The Morgan fingerprint density at radius 2 is 1.65 bits per heavy atom. The van der Waals surface area contributed by atoms with Crippen LogP contribution in [0.3, 0.4) is 0 Å². The van der Waals surface area contributed by atoms with Crippen LogP contribution in [0.2, 0.25) is 5.02 Å². The van der Waals surface area contributed by atoms with E-state index in [2.05, 4.69) is 41.6 Å². The van der Waals surface area contributed by atoms with Crippen molar-refractivity contribution < 1.29 is 14.3 Å². The number of rotatable bonds is 7. The standard InChI is InChI=1S/C27H27ClN4O2/c1-3-31(4-2)23-16-10-19(11-17-23)18-32-25(20-12-14-22(28)15-13-20)24(27(34)30-32)29-26(33)21-8-6-5-7-9-21/h5-18,24-25H,3-4H2,1-2H3,(H-,29,30,33,34)/p+1/t24-,25-/m1/s1. The van der Waals surface area contributed by atoms with Crippen molar-refractivity contribution in [3.63, 3.8) is 0 Å². The number of carbonyl (C=O) groups excluding carboxylic acids is 2. The van der Waals surface area contributed by atoms with Gasteiger partial charge in [-0.05, 0) is 62.4 Å². The van der Waals surface area contributed by atoms with Gasteiger partial charge in [0, 0.05) is 40.5 Å². The Hall–Kier alpha value is -3.64. The molecule has 0 unspecified atom stereocenters. The summed E-state index contributed by atoms with van der Waals surface area (Å²) < 4.78 is 1.76. The summed E-state index contributed by atoms with van der Waals surface area (Å²) in [7, 11) is 0. The van der Waals surface area contributed by atoms with Gasteiger partial charge >= 0.3 is 5.91 Å². The molecular weight excluding hydrogens is 448 g/mol. The number of hydrazone groups is 1. The molecule has 1 heterocycles. The number of hydrazine groups is 1. The molecule has 6 nitrogen and oxygen atoms in total. The first-order chi connectivity index (χ1) is 16.5. The summed E-state index contributed by atoms with van der Waals surface area (Å²) >= 11 is 6.10. The Morgan fingerprint density at radius 3 is 2.26 bits per heavy atom. The Bertz CT molecular complexity index is 1170. The number of halogens is 1. The van der Waals surface area contributed by atoms with Gasteiger partial charge in [-0.2, -0.15) is 0 Å². The number of amides is 2. The molecule has 1 saturated heterocycles. The minimum absolute atomic E-state index is 0.278. The van der Waals surface area contributed by atoms with Gasteiger partial charge in [-0.1, -0.05) is 41.9 Å². The van der Waals surface area contributed by atoms with Gasteiger partial charge in [-0.25, -0.2) is 0 Å². The van der Waals surface area contributed by atoms with Crippen LogP contribution >= 0.6 is 11.6 Å². The number of anilines is 1. The van der Waals surface area contributed by atoms with Gasteiger partial charge in [0.2, 0.25) is 12.3 Å². The first-order valence-electron chi connectivity index (χ1n) is 11.4. The highest BCUT2D eigenvalue weighted by Gasteiger charge is 2.47. The maximum absolute atomic E-state index is 13.0. The van der Waals surface area contributed by atoms with Crippen LogP contribution in [-0.4, -0.2) is 41.8 Å². The molecule has 0 spiro atoms. The predicted octanol–water partition coefficient (Wildman–Crippen LogP) is 4.20. The third kappa shape index (κ3) is 5.13. The molecule has 0 radical (unpaired) electrons. The van der Waals surface area contributed by atoms with E-state index in [1.165, 1.54) is 0 Å². The summed E-state index contributed by atoms with van der Waals surface area (Å²) in [5, 5.41) is 3.52. The fourth-order valence-corrected chi connectivity index (χ4v) is 4.30. The Balaban J connectivity index is 1.66. The smallest absolute Gasteiger partial charge is 0.304 e. The molecule has 34 heavy (non-hydrogen) atoms. The van der Waals surface area contributed by atoms with E-state index in [1.807, 2.05) is 36.5 Å². The van der Waals surface area contributed by atoms with E-state index in [0.717, 1.165) is 29.9 Å². The number of hydrogen-bond donors (Lipinski definition) is 2. The van der Waals surface area contributed by atoms with Crippen molar-refractivity contribution in [1.29, 1.82) is 0 Å². The molecule has 1 fully saturated rings. The lowest BCUT2D eigenvalue weighted by Gasteiger charge is -2.20. The molecule has 0 aliphatic carbocycles. The van der Waals surface area contributed by atoms with Gasteiger partial charge in [0.05, 0.1) is 0 Å². The molecule has 0 saturated carbocycles. The molecule has 0 aromatic heterocycles. The van der Waals surface area contributed by atoms with Crippen LogP contribution in [0.4, 0.5) is 5.69 Å². The van der Waals surface area contributed by atoms with Crippen molar-refractivity contribution in [1.82, 2.24) is 10.7 Å². The first kappa shape index (κ1) is 23.5. The average molecular weight is 476 g/mol. The van der Waals surface area contributed by atoms with E-state index in [-0.39, 0.29) is 11.8 Å². The predicted molar refractivity (Wildman–Crippen MR) is 135 cm³/mol. The molecule has 4 rings (SSSR count). The lowest BCUT2D eigenvalue weighted by Crippen LogP contribution is -2.42. The molecule has 1 aliphatic heterocycles. The first-order valence-corrected chi connectivity index (χ1v) is 11.8. The van der Waals surface area contributed by atoms with Crippen molar-refractivity contribution in [2.45, 2.75) is 25.9 Å². The highest BCUT2D eigenvalue weighted by atomic mass is 35.5. The van der Waals surface area contributed by atoms with E-state index in [4.69, 9.17) is 11.6 Å². The normalized spacial score (nSPS) is 18.6. The highest BCUT2D eigenvalue weighted by molar-refractivity contribution is 6.30. The number of benzene rings is 3. The zero-order valence-electron chi connectivity index (χ0n) is 19.2. The highest BCUT2D eigenvalue weighted by Crippen LogP contribution is 2.27. The molecule has 0 bridgehead atoms. The van der Waals surface area contributed by atoms with E-state index in [0.29, 0.717) is 10.6 Å². The van der Waals surface area contributed by atoms with Gasteiger partial charge in [0.25, 0.3) is 5.91 Å². The van der Waals surface area contributed by atoms with Crippen molar-refractivity contribution in [2.24, 2.45) is 0 Å². The summed E-state index contributed by atoms with van der Waals surface area (Å²) in [4.78, 5) is 28.1. The summed E-state index contributed by atoms with van der Waals surface area (Å²) in [6.45, 7) is 6.13. The zero-order valence-corrected chi connectivity index (χ0v) is 20.0. The fraction of sp³-hybridized carbons (Fsp3) is 0.222. The van der Waals surface area contributed by atoms with Gasteiger partial charge in [0.1, 0.15) is 0 Å². The minimum Gasteiger partial charge on any atom is -0.372 e. The molecule has 2 amide bonds. The van der Waals surface area contributed by atoms with Crippen molar-refractivity contribution in [2.75, 3.05) is 18.0 Å². The molecule has 1 aliphatic rings. The van der Waals surface area contributed by atoms with Crippen LogP contribution in [0.15, 0.2) is 78.9 Å². The molecule has 7 heteroatoms. The third-order valence-corrected chi connectivity index (χ3v) is 6.23. The van der Waals surface area contributed by atoms with Crippen LogP contribution < -0.4 is 15.6 Å². The Labute approximate surface area is 204 Å². The number of hydrogen-bond acceptors (Lipinski definition) is 3. The van der Waals surface area contributed by atoms with Gasteiger partial charge in [0.15, 0.2) is 6.04 Å². The fourth-order valence-electron chi connectivity index (χ4n) is 4.18. The average Bonchev–Trinajstić information content (AvgIpc) is 3.16. The SMILES string of the molecule is CCN(CC)c1ccc(/C=[N+]2\NC(=O)[C@H](NC(=O)c3ccccc3)[C@H]2c2ccc(Cl)cc2)cc1. The van der Waals surface area contributed by atoms with Crippen molar-refractivity contribution in [3.05, 3.63) is 101 Å². The van der Waals surface area contributed by atoms with E-state index >= 15 is 0 Å². The largest absolute Gasteiger partial charge is 0.372 e. The Kier molecular flexibility index (Phi) is 7.28. The van der Waals surface area contributed by atoms with E-state index in [9.17, 15) is 9.59 Å². The lowest BCUT2D eigenvalue weighted by molar-refractivity contribution is -0.596. The summed E-state index contributed by atoms with van der Waals surface area (Å²) in [5.74, 6) is -0.578. The van der Waals surface area contributed by atoms with Crippen LogP contribution in [0.5, 0.6) is 0 Å². The quantitative estimate of drug-likeness (QED) is 0.503. The summed E-state index contributed by atoms with van der Waals surface area (Å²) in [6.07, 6.45) is 1.89. The second kappa shape index (κ2) is 10.5. The zero-order chi connectivity index (χ0) is 24.1. The lowest BCUT2D eigenvalue weighted by atomic mass is 9.99. The molecule has 3 aromatic rings. The molecular formula is C27H28ClN4O2+. The molecule has 2 N–H and O–H groups in total. The Morgan fingerprint density at radius 1 is 1.00 bits per heavy atom. The molecule has 174 valence electrons. The van der Waals surface area contributed by atoms with Gasteiger partial charge in [-0.3, -0.25) is 9.59 Å². The van der Waals surface area contributed by atoms with E-state index in [1.54, 1.807) is 41.1 Å².